The van der Waals surface area contributed by atoms with Crippen LogP contribution in [0.5, 0.6) is 5.75 Å². The predicted molar refractivity (Wildman–Crippen MR) is 100 cm³/mol. The summed E-state index contributed by atoms with van der Waals surface area (Å²) < 4.78 is 10.5. The van der Waals surface area contributed by atoms with E-state index < -0.39 is 0 Å². The average Bonchev–Trinajstić information content (AvgIpc) is 3.15. The van der Waals surface area contributed by atoms with E-state index in [4.69, 9.17) is 9.26 Å². The van der Waals surface area contributed by atoms with E-state index in [1.165, 1.54) is 0 Å². The topological polar surface area (TPSA) is 73.9 Å². The van der Waals surface area contributed by atoms with Crippen LogP contribution in [0.15, 0.2) is 58.1 Å². The summed E-state index contributed by atoms with van der Waals surface area (Å²) in [7, 11) is 1.64. The van der Waals surface area contributed by atoms with Crippen LogP contribution in [0.2, 0.25) is 0 Å². The predicted octanol–water partition coefficient (Wildman–Crippen LogP) is 4.29. The molecule has 0 unspecified atom stereocenters. The molecule has 0 aliphatic heterocycles. The minimum absolute atomic E-state index is 0.545. The highest BCUT2D eigenvalue weighted by Gasteiger charge is 2.12. The van der Waals surface area contributed by atoms with Crippen LogP contribution in [0.1, 0.15) is 11.7 Å². The second-order valence-corrected chi connectivity index (χ2v) is 6.59. The minimum Gasteiger partial charge on any atom is -0.497 e. The largest absolute Gasteiger partial charge is 0.497 e. The number of ether oxygens (including phenoxy) is 1. The van der Waals surface area contributed by atoms with E-state index in [1.807, 2.05) is 55.5 Å². The van der Waals surface area contributed by atoms with Gasteiger partial charge in [0.1, 0.15) is 16.6 Å². The van der Waals surface area contributed by atoms with Gasteiger partial charge < -0.3 is 9.26 Å². The molecule has 130 valence electrons. The van der Waals surface area contributed by atoms with Gasteiger partial charge in [-0.1, -0.05) is 35.1 Å². The number of nitrogens with zero attached hydrogens (tertiary/aromatic N) is 4. The summed E-state index contributed by atoms with van der Waals surface area (Å²) in [6.07, 6.45) is 0. The number of thioether (sulfide) groups is 1. The van der Waals surface area contributed by atoms with Gasteiger partial charge >= 0.3 is 0 Å². The highest BCUT2D eigenvalue weighted by molar-refractivity contribution is 7.98. The van der Waals surface area contributed by atoms with E-state index in [0.717, 1.165) is 33.1 Å². The summed E-state index contributed by atoms with van der Waals surface area (Å²) in [6.45, 7) is 1.89. The second-order valence-electron chi connectivity index (χ2n) is 5.62. The molecule has 2 aromatic heterocycles. The maximum atomic E-state index is 5.38. The zero-order chi connectivity index (χ0) is 17.9. The quantitative estimate of drug-likeness (QED) is 0.386. The molecule has 4 rings (SSSR count). The lowest BCUT2D eigenvalue weighted by molar-refractivity contribution is 0.391. The molecule has 6 nitrogen and oxygen atoms in total. The number of methoxy groups -OCH3 is 1. The first kappa shape index (κ1) is 16.5. The Morgan fingerprint density at radius 1 is 1.00 bits per heavy atom. The van der Waals surface area contributed by atoms with Crippen molar-refractivity contribution in [2.24, 2.45) is 0 Å². The molecule has 0 aliphatic rings. The molecule has 26 heavy (non-hydrogen) atoms. The molecule has 4 aromatic rings. The zero-order valence-corrected chi connectivity index (χ0v) is 15.2. The third-order valence-corrected chi connectivity index (χ3v) is 4.80. The molecule has 0 saturated carbocycles. The van der Waals surface area contributed by atoms with Crippen molar-refractivity contribution in [2.45, 2.75) is 17.7 Å². The molecule has 0 atom stereocenters. The first-order valence-electron chi connectivity index (χ1n) is 8.06. The highest BCUT2D eigenvalue weighted by atomic mass is 32.2. The van der Waals surface area contributed by atoms with Crippen molar-refractivity contribution in [3.8, 4) is 17.1 Å². The van der Waals surface area contributed by atoms with Crippen LogP contribution in [0.25, 0.3) is 22.3 Å². The lowest BCUT2D eigenvalue weighted by atomic mass is 10.2. The zero-order valence-electron chi connectivity index (χ0n) is 14.3. The van der Waals surface area contributed by atoms with Gasteiger partial charge in [0.25, 0.3) is 0 Å². The fourth-order valence-corrected chi connectivity index (χ4v) is 3.47. The summed E-state index contributed by atoms with van der Waals surface area (Å²) >= 11 is 1.56. The molecule has 0 amide bonds. The first-order chi connectivity index (χ1) is 12.7. The van der Waals surface area contributed by atoms with Crippen molar-refractivity contribution in [3.05, 3.63) is 60.2 Å². The van der Waals surface area contributed by atoms with Crippen LogP contribution in [0, 0.1) is 6.92 Å². The Bertz CT molecular complexity index is 1050. The summed E-state index contributed by atoms with van der Waals surface area (Å²) in [5.41, 5.74) is 1.82. The number of aryl methyl sites for hydroxylation is 1. The van der Waals surface area contributed by atoms with Gasteiger partial charge in [0.05, 0.1) is 18.4 Å². The first-order valence-corrected chi connectivity index (χ1v) is 9.04. The number of hydrogen-bond acceptors (Lipinski definition) is 7. The Morgan fingerprint density at radius 3 is 2.62 bits per heavy atom. The van der Waals surface area contributed by atoms with Crippen LogP contribution in [0.3, 0.4) is 0 Å². The van der Waals surface area contributed by atoms with Gasteiger partial charge in [-0.2, -0.15) is 4.98 Å². The molecule has 0 radical (unpaired) electrons. The molecule has 0 N–H and O–H groups in total. The van der Waals surface area contributed by atoms with Crippen LogP contribution < -0.4 is 4.74 Å². The lowest BCUT2D eigenvalue weighted by Gasteiger charge is -2.04. The number of benzene rings is 2. The third kappa shape index (κ3) is 3.39. The van der Waals surface area contributed by atoms with Crippen molar-refractivity contribution >= 4 is 22.7 Å². The van der Waals surface area contributed by atoms with Gasteiger partial charge in [-0.05, 0) is 37.3 Å². The summed E-state index contributed by atoms with van der Waals surface area (Å²) in [5.74, 6) is 3.20. The Morgan fingerprint density at radius 2 is 1.81 bits per heavy atom. The summed E-state index contributed by atoms with van der Waals surface area (Å²) in [4.78, 5) is 13.5. The Balaban J connectivity index is 1.53. The van der Waals surface area contributed by atoms with E-state index in [9.17, 15) is 0 Å². The number of aromatic nitrogens is 4. The van der Waals surface area contributed by atoms with Gasteiger partial charge in [0.2, 0.25) is 11.7 Å². The SMILES string of the molecule is COc1ccc(-c2noc(CSc3nc(C)nc4ccccc34)n2)cc1. The molecule has 2 aromatic carbocycles. The van der Waals surface area contributed by atoms with Gasteiger partial charge in [0.15, 0.2) is 0 Å². The van der Waals surface area contributed by atoms with E-state index in [2.05, 4.69) is 20.1 Å². The Hall–Kier alpha value is -2.93. The molecular formula is C19H16N4O2S. The lowest BCUT2D eigenvalue weighted by Crippen LogP contribution is -1.93. The van der Waals surface area contributed by atoms with Crippen LogP contribution in [0.4, 0.5) is 0 Å². The number of para-hydroxylation sites is 1. The van der Waals surface area contributed by atoms with Crippen LogP contribution >= 0.6 is 11.8 Å². The van der Waals surface area contributed by atoms with Gasteiger partial charge in [-0.15, -0.1) is 0 Å². The number of rotatable bonds is 5. The Labute approximate surface area is 154 Å². The van der Waals surface area contributed by atoms with Crippen molar-refractivity contribution in [2.75, 3.05) is 7.11 Å². The average molecular weight is 364 g/mol. The fraction of sp³-hybridized carbons (Fsp3) is 0.158. The fourth-order valence-electron chi connectivity index (χ4n) is 2.57. The van der Waals surface area contributed by atoms with Gasteiger partial charge in [-0.3, -0.25) is 0 Å². The molecule has 7 heteroatoms. The summed E-state index contributed by atoms with van der Waals surface area (Å²) in [5, 5.41) is 6.00. The molecule has 0 fully saturated rings. The van der Waals surface area contributed by atoms with Crippen molar-refractivity contribution in [1.29, 1.82) is 0 Å². The second kappa shape index (κ2) is 7.13. The number of fused-ring (bicyclic) bond motifs is 1. The molecule has 0 spiro atoms. The van der Waals surface area contributed by atoms with E-state index in [-0.39, 0.29) is 0 Å². The van der Waals surface area contributed by atoms with Gasteiger partial charge in [0, 0.05) is 10.9 Å². The monoisotopic (exact) mass is 364 g/mol. The molecule has 0 saturated heterocycles. The van der Waals surface area contributed by atoms with Crippen molar-refractivity contribution in [3.63, 3.8) is 0 Å². The highest BCUT2D eigenvalue weighted by Crippen LogP contribution is 2.28. The van der Waals surface area contributed by atoms with Crippen LogP contribution in [-0.4, -0.2) is 27.2 Å². The van der Waals surface area contributed by atoms with Crippen molar-refractivity contribution < 1.29 is 9.26 Å². The minimum atomic E-state index is 0.545. The molecule has 2 heterocycles. The summed E-state index contributed by atoms with van der Waals surface area (Å²) in [6, 6.07) is 15.5. The molecular weight excluding hydrogens is 348 g/mol. The normalized spacial score (nSPS) is 11.0. The number of hydrogen-bond donors (Lipinski definition) is 0. The maximum absolute atomic E-state index is 5.38. The van der Waals surface area contributed by atoms with Crippen molar-refractivity contribution in [1.82, 2.24) is 20.1 Å². The third-order valence-electron chi connectivity index (χ3n) is 3.83. The van der Waals surface area contributed by atoms with E-state index >= 15 is 0 Å². The maximum Gasteiger partial charge on any atom is 0.237 e. The molecule has 0 aliphatic carbocycles. The van der Waals surface area contributed by atoms with Gasteiger partial charge in [-0.25, -0.2) is 9.97 Å². The standard InChI is InChI=1S/C19H16N4O2S/c1-12-20-16-6-4-3-5-15(16)19(21-12)26-11-17-22-18(23-25-17)13-7-9-14(24-2)10-8-13/h3-10H,11H2,1-2H3. The Kier molecular flexibility index (Phi) is 4.53. The van der Waals surface area contributed by atoms with Crippen LogP contribution in [-0.2, 0) is 5.75 Å². The molecule has 0 bridgehead atoms. The van der Waals surface area contributed by atoms with E-state index in [1.54, 1.807) is 18.9 Å². The van der Waals surface area contributed by atoms with E-state index in [0.29, 0.717) is 17.5 Å². The smallest absolute Gasteiger partial charge is 0.237 e.